The molecule has 3 heterocycles. The maximum Gasteiger partial charge on any atom is 0.411 e. The van der Waals surface area contributed by atoms with Crippen LogP contribution in [0.25, 0.3) is 16.2 Å². The highest BCUT2D eigenvalue weighted by Gasteiger charge is 2.20. The van der Waals surface area contributed by atoms with Crippen LogP contribution < -0.4 is 15.8 Å². The largest absolute Gasteiger partial charge is 0.492 e. The van der Waals surface area contributed by atoms with Gasteiger partial charge in [-0.15, -0.1) is 22.9 Å². The Morgan fingerprint density at radius 1 is 1.29 bits per heavy atom. The first-order valence-corrected chi connectivity index (χ1v) is 12.4. The molecule has 3 aromatic rings. The minimum absolute atomic E-state index is 0.161. The van der Waals surface area contributed by atoms with Gasteiger partial charge in [0, 0.05) is 35.8 Å². The number of thiophene rings is 1. The number of hydrogen-bond acceptors (Lipinski definition) is 6. The number of carbonyl (C=O) groups excluding carboxylic acids is 2. The number of nitrogens with one attached hydrogen (secondary N) is 1. The predicted molar refractivity (Wildman–Crippen MR) is 138 cm³/mol. The van der Waals surface area contributed by atoms with Gasteiger partial charge >= 0.3 is 6.09 Å². The third-order valence-electron chi connectivity index (χ3n) is 5.40. The van der Waals surface area contributed by atoms with Crippen LogP contribution in [0.4, 0.5) is 10.5 Å². The van der Waals surface area contributed by atoms with Gasteiger partial charge in [0.05, 0.1) is 30.0 Å². The lowest BCUT2D eigenvalue weighted by molar-refractivity contribution is 0.100. The number of rotatable bonds is 9. The summed E-state index contributed by atoms with van der Waals surface area (Å²) < 4.78 is 12.8. The Morgan fingerprint density at radius 3 is 2.91 bits per heavy atom. The van der Waals surface area contributed by atoms with E-state index in [0.29, 0.717) is 40.9 Å². The maximum atomic E-state index is 12.1. The molecule has 2 amide bonds. The molecule has 1 atom stereocenters. The molecular weight excluding hydrogens is 488 g/mol. The van der Waals surface area contributed by atoms with Gasteiger partial charge in [-0.05, 0) is 25.0 Å². The van der Waals surface area contributed by atoms with Crippen molar-refractivity contribution in [1.29, 1.82) is 0 Å². The molecule has 8 nitrogen and oxygen atoms in total. The number of anilines is 1. The van der Waals surface area contributed by atoms with Crippen LogP contribution in [-0.4, -0.2) is 40.5 Å². The van der Waals surface area contributed by atoms with Crippen LogP contribution in [0.15, 0.2) is 66.5 Å². The molecule has 3 aromatic heterocycles. The lowest BCUT2D eigenvalue weighted by atomic mass is 9.97. The number of fused-ring (bicyclic) bond motifs is 1. The molecule has 182 valence electrons. The van der Waals surface area contributed by atoms with Gasteiger partial charge in [-0.3, -0.25) is 14.5 Å². The number of imidazole rings is 1. The van der Waals surface area contributed by atoms with E-state index in [4.69, 9.17) is 26.8 Å². The molecule has 0 aromatic carbocycles. The number of primary amides is 1. The Bertz CT molecular complexity index is 1320. The van der Waals surface area contributed by atoms with Gasteiger partial charge in [0.15, 0.2) is 0 Å². The summed E-state index contributed by atoms with van der Waals surface area (Å²) in [6, 6.07) is 5.28. The van der Waals surface area contributed by atoms with Crippen LogP contribution in [0.3, 0.4) is 0 Å². The molecule has 0 bridgehead atoms. The summed E-state index contributed by atoms with van der Waals surface area (Å²) >= 11 is 7.34. The van der Waals surface area contributed by atoms with Crippen molar-refractivity contribution in [2.75, 3.05) is 24.4 Å². The van der Waals surface area contributed by atoms with Crippen molar-refractivity contribution >= 4 is 46.3 Å². The zero-order valence-corrected chi connectivity index (χ0v) is 20.6. The minimum atomic E-state index is -0.550. The number of amides is 2. The molecule has 10 heteroatoms. The Morgan fingerprint density at radius 2 is 2.14 bits per heavy atom. The van der Waals surface area contributed by atoms with Crippen LogP contribution in [0.5, 0.6) is 5.75 Å². The lowest BCUT2D eigenvalue weighted by Crippen LogP contribution is -2.13. The van der Waals surface area contributed by atoms with Gasteiger partial charge in [0.1, 0.15) is 16.3 Å². The zero-order valence-electron chi connectivity index (χ0n) is 19.1. The van der Waals surface area contributed by atoms with E-state index in [1.54, 1.807) is 31.5 Å². The van der Waals surface area contributed by atoms with E-state index in [1.165, 1.54) is 11.3 Å². The van der Waals surface area contributed by atoms with Crippen molar-refractivity contribution in [3.63, 3.8) is 0 Å². The summed E-state index contributed by atoms with van der Waals surface area (Å²) in [4.78, 5) is 29.4. The van der Waals surface area contributed by atoms with E-state index in [2.05, 4.69) is 16.4 Å². The second kappa shape index (κ2) is 11.2. The van der Waals surface area contributed by atoms with Crippen LogP contribution in [0, 0.1) is 5.92 Å². The van der Waals surface area contributed by atoms with Crippen molar-refractivity contribution in [2.45, 2.75) is 13.3 Å². The van der Waals surface area contributed by atoms with E-state index >= 15 is 0 Å². The Labute approximate surface area is 211 Å². The SMILES string of the molecule is CCOC(=O)Nc1ccn2c(-c3cc(OCCC4C=CC=CC=C4CCl)c(C(N)=O)s3)cnc2c1. The molecule has 4 rings (SSSR count). The van der Waals surface area contributed by atoms with Gasteiger partial charge < -0.3 is 15.2 Å². The molecule has 0 fully saturated rings. The highest BCUT2D eigenvalue weighted by atomic mass is 35.5. The second-order valence-corrected chi connectivity index (χ2v) is 9.01. The quantitative estimate of drug-likeness (QED) is 0.373. The van der Waals surface area contributed by atoms with Crippen molar-refractivity contribution in [2.24, 2.45) is 11.7 Å². The van der Waals surface area contributed by atoms with Gasteiger partial charge in [-0.1, -0.05) is 30.4 Å². The van der Waals surface area contributed by atoms with E-state index < -0.39 is 12.0 Å². The zero-order chi connectivity index (χ0) is 24.8. The van der Waals surface area contributed by atoms with Gasteiger partial charge in [0.2, 0.25) is 0 Å². The molecule has 0 saturated carbocycles. The molecule has 1 unspecified atom stereocenters. The molecule has 0 radical (unpaired) electrons. The Hall–Kier alpha value is -3.56. The fourth-order valence-corrected chi connectivity index (χ4v) is 4.96. The molecule has 0 aliphatic heterocycles. The standard InChI is InChI=1S/C25H25ClN4O4S/c1-2-33-25(32)29-18-8-10-30-19(15-28-22(30)12-18)21-13-20(23(35-21)24(27)31)34-11-9-16-6-4-3-5-7-17(16)14-26/h3-8,10,12-13,15-16H,2,9,11,14H2,1H3,(H2,27,31)(H,29,32). The molecule has 1 aliphatic carbocycles. The van der Waals surface area contributed by atoms with Gasteiger partial charge in [-0.25, -0.2) is 9.78 Å². The number of pyridine rings is 1. The highest BCUT2D eigenvalue weighted by molar-refractivity contribution is 7.17. The molecular formula is C25H25ClN4O4S. The molecule has 1 aliphatic rings. The van der Waals surface area contributed by atoms with Crippen LogP contribution in [-0.2, 0) is 4.74 Å². The lowest BCUT2D eigenvalue weighted by Gasteiger charge is -2.15. The van der Waals surface area contributed by atoms with Crippen LogP contribution >= 0.6 is 22.9 Å². The van der Waals surface area contributed by atoms with Crippen molar-refractivity contribution < 1.29 is 19.1 Å². The number of alkyl halides is 1. The average molecular weight is 513 g/mol. The number of ether oxygens (including phenoxy) is 2. The van der Waals surface area contributed by atoms with Crippen LogP contribution in [0.1, 0.15) is 23.0 Å². The second-order valence-electron chi connectivity index (χ2n) is 7.69. The third-order valence-corrected chi connectivity index (χ3v) is 6.86. The monoisotopic (exact) mass is 512 g/mol. The number of aromatic nitrogens is 2. The number of allylic oxidation sites excluding steroid dienone is 6. The summed E-state index contributed by atoms with van der Waals surface area (Å²) in [6.45, 7) is 2.42. The minimum Gasteiger partial charge on any atom is -0.492 e. The normalized spacial score (nSPS) is 15.0. The summed E-state index contributed by atoms with van der Waals surface area (Å²) in [6.07, 6.45) is 13.7. The molecule has 0 saturated heterocycles. The van der Waals surface area contributed by atoms with E-state index in [1.807, 2.05) is 34.8 Å². The predicted octanol–water partition coefficient (Wildman–Crippen LogP) is 5.41. The van der Waals surface area contributed by atoms with Crippen LogP contribution in [0.2, 0.25) is 0 Å². The third kappa shape index (κ3) is 5.75. The number of carbonyl (C=O) groups is 2. The molecule has 3 N–H and O–H groups in total. The summed E-state index contributed by atoms with van der Waals surface area (Å²) in [5.41, 5.74) is 8.71. The highest BCUT2D eigenvalue weighted by Crippen LogP contribution is 2.37. The molecule has 0 spiro atoms. The molecule has 35 heavy (non-hydrogen) atoms. The smallest absolute Gasteiger partial charge is 0.411 e. The van der Waals surface area contributed by atoms with Crippen molar-refractivity contribution in [3.8, 4) is 16.3 Å². The van der Waals surface area contributed by atoms with E-state index in [9.17, 15) is 9.59 Å². The fourth-order valence-electron chi connectivity index (χ4n) is 3.72. The van der Waals surface area contributed by atoms with E-state index in [-0.39, 0.29) is 12.5 Å². The van der Waals surface area contributed by atoms with Crippen molar-refractivity contribution in [1.82, 2.24) is 9.38 Å². The topological polar surface area (TPSA) is 108 Å². The first kappa shape index (κ1) is 24.6. The number of nitrogens with zero attached hydrogens (tertiary/aromatic N) is 2. The van der Waals surface area contributed by atoms with Crippen molar-refractivity contribution in [3.05, 3.63) is 71.4 Å². The first-order valence-electron chi connectivity index (χ1n) is 11.1. The number of nitrogens with two attached hydrogens (primary N) is 1. The maximum absolute atomic E-state index is 12.1. The summed E-state index contributed by atoms with van der Waals surface area (Å²) in [5, 5.41) is 2.66. The number of halogens is 1. The van der Waals surface area contributed by atoms with Gasteiger partial charge in [0.25, 0.3) is 5.91 Å². The average Bonchev–Trinajstić information content (AvgIpc) is 3.37. The Kier molecular flexibility index (Phi) is 7.89. The Balaban J connectivity index is 1.52. The fraction of sp³-hybridized carbons (Fsp3) is 0.240. The number of hydrogen-bond donors (Lipinski definition) is 2. The first-order chi connectivity index (χ1) is 17.0. The van der Waals surface area contributed by atoms with Gasteiger partial charge in [-0.2, -0.15) is 0 Å². The summed E-state index contributed by atoms with van der Waals surface area (Å²) in [7, 11) is 0. The summed E-state index contributed by atoms with van der Waals surface area (Å²) in [5.74, 6) is 0.500. The van der Waals surface area contributed by atoms with E-state index in [0.717, 1.165) is 16.1 Å².